The second kappa shape index (κ2) is 7.31. The van der Waals surface area contributed by atoms with Gasteiger partial charge in [0.25, 0.3) is 0 Å². The Balaban J connectivity index is 1.84. The van der Waals surface area contributed by atoms with Crippen LogP contribution in [0.25, 0.3) is 0 Å². The van der Waals surface area contributed by atoms with Crippen molar-refractivity contribution in [3.8, 4) is 11.5 Å². The molecule has 0 atom stereocenters. The van der Waals surface area contributed by atoms with E-state index in [-0.39, 0.29) is 5.91 Å². The maximum atomic E-state index is 11.8. The smallest absolute Gasteiger partial charge is 0.234 e. The molecule has 1 aliphatic heterocycles. The van der Waals surface area contributed by atoms with Gasteiger partial charge in [0.2, 0.25) is 5.91 Å². The standard InChI is InChI=1S/C16H24N2O3/c1-12(2)9-17-16(19)11-18(3)10-13-4-5-14-15(8-13)21-7-6-20-14/h4-5,8,12H,6-7,9-11H2,1-3H3,(H,17,19). The molecule has 0 bridgehead atoms. The van der Waals surface area contributed by atoms with Crippen molar-refractivity contribution in [2.75, 3.05) is 33.4 Å². The van der Waals surface area contributed by atoms with Crippen molar-refractivity contribution in [2.24, 2.45) is 5.92 Å². The van der Waals surface area contributed by atoms with Crippen LogP contribution in [-0.2, 0) is 11.3 Å². The van der Waals surface area contributed by atoms with Crippen LogP contribution in [0.3, 0.4) is 0 Å². The molecule has 5 nitrogen and oxygen atoms in total. The maximum Gasteiger partial charge on any atom is 0.234 e. The molecule has 0 fully saturated rings. The predicted octanol–water partition coefficient (Wildman–Crippen LogP) is 1.66. The zero-order chi connectivity index (χ0) is 15.2. The van der Waals surface area contributed by atoms with Crippen LogP contribution in [0.5, 0.6) is 11.5 Å². The summed E-state index contributed by atoms with van der Waals surface area (Å²) >= 11 is 0. The molecular weight excluding hydrogens is 268 g/mol. The number of fused-ring (bicyclic) bond motifs is 1. The van der Waals surface area contributed by atoms with Crippen molar-refractivity contribution >= 4 is 5.91 Å². The molecule has 0 radical (unpaired) electrons. The average Bonchev–Trinajstić information content (AvgIpc) is 2.45. The Hall–Kier alpha value is -1.75. The van der Waals surface area contributed by atoms with Gasteiger partial charge in [0.15, 0.2) is 11.5 Å². The minimum absolute atomic E-state index is 0.0590. The lowest BCUT2D eigenvalue weighted by molar-refractivity contribution is -0.122. The molecule has 0 unspecified atom stereocenters. The summed E-state index contributed by atoms with van der Waals surface area (Å²) in [7, 11) is 1.94. The Kier molecular flexibility index (Phi) is 5.44. The monoisotopic (exact) mass is 292 g/mol. The number of nitrogens with zero attached hydrogens (tertiary/aromatic N) is 1. The van der Waals surface area contributed by atoms with Crippen LogP contribution in [0, 0.1) is 5.92 Å². The highest BCUT2D eigenvalue weighted by Gasteiger charge is 2.13. The third-order valence-corrected chi connectivity index (χ3v) is 3.18. The summed E-state index contributed by atoms with van der Waals surface area (Å²) in [6.45, 7) is 7.16. The number of carbonyl (C=O) groups is 1. The topological polar surface area (TPSA) is 50.8 Å². The van der Waals surface area contributed by atoms with Crippen LogP contribution in [0.1, 0.15) is 19.4 Å². The van der Waals surface area contributed by atoms with Gasteiger partial charge in [0.05, 0.1) is 6.54 Å². The van der Waals surface area contributed by atoms with Gasteiger partial charge in [-0.3, -0.25) is 9.69 Å². The van der Waals surface area contributed by atoms with E-state index in [0.717, 1.165) is 23.6 Å². The number of likely N-dealkylation sites (N-methyl/N-ethyl adjacent to an activating group) is 1. The summed E-state index contributed by atoms with van der Waals surface area (Å²) in [6.07, 6.45) is 0. The zero-order valence-corrected chi connectivity index (χ0v) is 13.0. The van der Waals surface area contributed by atoms with E-state index in [1.165, 1.54) is 0 Å². The lowest BCUT2D eigenvalue weighted by Gasteiger charge is -2.21. The molecule has 1 N–H and O–H groups in total. The van der Waals surface area contributed by atoms with E-state index in [2.05, 4.69) is 19.2 Å². The van der Waals surface area contributed by atoms with Gasteiger partial charge in [-0.2, -0.15) is 0 Å². The third-order valence-electron chi connectivity index (χ3n) is 3.18. The number of amides is 1. The molecule has 0 saturated carbocycles. The Labute approximate surface area is 126 Å². The first-order valence-corrected chi connectivity index (χ1v) is 7.38. The minimum atomic E-state index is 0.0590. The van der Waals surface area contributed by atoms with Gasteiger partial charge in [0, 0.05) is 13.1 Å². The van der Waals surface area contributed by atoms with Crippen LogP contribution < -0.4 is 14.8 Å². The Morgan fingerprint density at radius 1 is 1.29 bits per heavy atom. The molecule has 0 aliphatic carbocycles. The molecule has 116 valence electrons. The molecule has 1 heterocycles. The first-order chi connectivity index (χ1) is 10.0. The number of ether oxygens (including phenoxy) is 2. The number of hydrogen-bond donors (Lipinski definition) is 1. The summed E-state index contributed by atoms with van der Waals surface area (Å²) in [5, 5.41) is 2.92. The van der Waals surface area contributed by atoms with Gasteiger partial charge in [0.1, 0.15) is 13.2 Å². The minimum Gasteiger partial charge on any atom is -0.486 e. The number of carbonyl (C=O) groups excluding carboxylic acids is 1. The summed E-state index contributed by atoms with van der Waals surface area (Å²) < 4.78 is 11.1. The van der Waals surface area contributed by atoms with E-state index in [1.54, 1.807) is 0 Å². The van der Waals surface area contributed by atoms with E-state index in [9.17, 15) is 4.79 Å². The Bertz CT molecular complexity index is 488. The number of nitrogens with one attached hydrogen (secondary N) is 1. The maximum absolute atomic E-state index is 11.8. The van der Waals surface area contributed by atoms with E-state index in [4.69, 9.17) is 9.47 Å². The molecule has 21 heavy (non-hydrogen) atoms. The molecule has 0 saturated heterocycles. The predicted molar refractivity (Wildman–Crippen MR) is 81.6 cm³/mol. The van der Waals surface area contributed by atoms with Crippen molar-refractivity contribution in [3.05, 3.63) is 23.8 Å². The van der Waals surface area contributed by atoms with E-state index < -0.39 is 0 Å². The first-order valence-electron chi connectivity index (χ1n) is 7.38. The molecule has 1 aromatic rings. The number of benzene rings is 1. The van der Waals surface area contributed by atoms with Crippen molar-refractivity contribution in [3.63, 3.8) is 0 Å². The van der Waals surface area contributed by atoms with Crippen LogP contribution >= 0.6 is 0 Å². The fourth-order valence-electron chi connectivity index (χ4n) is 2.17. The molecule has 0 spiro atoms. The number of rotatable bonds is 6. The quantitative estimate of drug-likeness (QED) is 0.866. The lowest BCUT2D eigenvalue weighted by Crippen LogP contribution is -2.36. The average molecular weight is 292 g/mol. The molecule has 1 aromatic carbocycles. The van der Waals surface area contributed by atoms with Crippen LogP contribution in [0.15, 0.2) is 18.2 Å². The SMILES string of the molecule is CC(C)CNC(=O)CN(C)Cc1ccc2c(c1)OCCO2. The van der Waals surface area contributed by atoms with Crippen LogP contribution in [0.2, 0.25) is 0 Å². The molecule has 5 heteroatoms. The second-order valence-electron chi connectivity index (χ2n) is 5.85. The summed E-state index contributed by atoms with van der Waals surface area (Å²) in [6, 6.07) is 5.92. The third kappa shape index (κ3) is 4.93. The fourth-order valence-corrected chi connectivity index (χ4v) is 2.17. The Morgan fingerprint density at radius 3 is 2.71 bits per heavy atom. The lowest BCUT2D eigenvalue weighted by atomic mass is 10.2. The van der Waals surface area contributed by atoms with Gasteiger partial charge in [-0.25, -0.2) is 0 Å². The van der Waals surface area contributed by atoms with Crippen molar-refractivity contribution in [2.45, 2.75) is 20.4 Å². The highest BCUT2D eigenvalue weighted by atomic mass is 16.6. The summed E-state index contributed by atoms with van der Waals surface area (Å²) in [5.74, 6) is 2.11. The highest BCUT2D eigenvalue weighted by Crippen LogP contribution is 2.30. The van der Waals surface area contributed by atoms with E-state index in [0.29, 0.717) is 32.2 Å². The molecule has 1 aliphatic rings. The first kappa shape index (κ1) is 15.6. The fraction of sp³-hybridized carbons (Fsp3) is 0.562. The van der Waals surface area contributed by atoms with Crippen molar-refractivity contribution < 1.29 is 14.3 Å². The van der Waals surface area contributed by atoms with Crippen LogP contribution in [-0.4, -0.2) is 44.2 Å². The van der Waals surface area contributed by atoms with Crippen molar-refractivity contribution in [1.82, 2.24) is 10.2 Å². The highest BCUT2D eigenvalue weighted by molar-refractivity contribution is 5.77. The normalized spacial score (nSPS) is 13.6. The van der Waals surface area contributed by atoms with Gasteiger partial charge < -0.3 is 14.8 Å². The van der Waals surface area contributed by atoms with E-state index in [1.807, 2.05) is 30.1 Å². The molecule has 2 rings (SSSR count). The molecular formula is C16H24N2O3. The number of hydrogen-bond acceptors (Lipinski definition) is 4. The van der Waals surface area contributed by atoms with Crippen LogP contribution in [0.4, 0.5) is 0 Å². The Morgan fingerprint density at radius 2 is 2.00 bits per heavy atom. The summed E-state index contributed by atoms with van der Waals surface area (Å²) in [5.41, 5.74) is 1.11. The summed E-state index contributed by atoms with van der Waals surface area (Å²) in [4.78, 5) is 13.8. The van der Waals surface area contributed by atoms with Gasteiger partial charge in [-0.1, -0.05) is 19.9 Å². The van der Waals surface area contributed by atoms with Gasteiger partial charge in [-0.15, -0.1) is 0 Å². The van der Waals surface area contributed by atoms with Crippen molar-refractivity contribution in [1.29, 1.82) is 0 Å². The second-order valence-corrected chi connectivity index (χ2v) is 5.85. The van der Waals surface area contributed by atoms with Gasteiger partial charge >= 0.3 is 0 Å². The largest absolute Gasteiger partial charge is 0.486 e. The molecule has 1 amide bonds. The molecule has 0 aromatic heterocycles. The van der Waals surface area contributed by atoms with Gasteiger partial charge in [-0.05, 0) is 30.7 Å². The zero-order valence-electron chi connectivity index (χ0n) is 13.0. The van der Waals surface area contributed by atoms with E-state index >= 15 is 0 Å².